The summed E-state index contributed by atoms with van der Waals surface area (Å²) in [6.07, 6.45) is 6.97. The number of hydrogen-bond donors (Lipinski definition) is 1. The van der Waals surface area contributed by atoms with Crippen LogP contribution in [-0.2, 0) is 14.3 Å². The smallest absolute Gasteiger partial charge is 0.311 e. The zero-order valence-electron chi connectivity index (χ0n) is 11.2. The molecule has 4 nitrogen and oxygen atoms in total. The molecular formula is C15H22O4. The lowest BCUT2D eigenvalue weighted by atomic mass is 9.88. The molecule has 7 atom stereocenters. The Morgan fingerprint density at radius 1 is 1.05 bits per heavy atom. The Balaban J connectivity index is 1.28. The number of aliphatic hydroxyl groups excluding tert-OH is 1. The first-order chi connectivity index (χ1) is 9.20. The van der Waals surface area contributed by atoms with Gasteiger partial charge in [-0.25, -0.2) is 0 Å². The molecule has 3 saturated carbocycles. The van der Waals surface area contributed by atoms with Crippen LogP contribution in [0.15, 0.2) is 0 Å². The van der Waals surface area contributed by atoms with Crippen LogP contribution in [0.4, 0.5) is 0 Å². The molecule has 4 fully saturated rings. The first kappa shape index (κ1) is 12.2. The normalized spacial score (nSPS) is 48.7. The summed E-state index contributed by atoms with van der Waals surface area (Å²) in [5, 5.41) is 10.1. The second-order valence-electron chi connectivity index (χ2n) is 6.88. The zero-order chi connectivity index (χ0) is 13.0. The number of epoxide rings is 1. The van der Waals surface area contributed by atoms with Gasteiger partial charge in [0.05, 0.1) is 18.1 Å². The van der Waals surface area contributed by atoms with Gasteiger partial charge in [-0.2, -0.15) is 0 Å². The van der Waals surface area contributed by atoms with Gasteiger partial charge < -0.3 is 14.6 Å². The van der Waals surface area contributed by atoms with Gasteiger partial charge in [0.2, 0.25) is 6.29 Å². The van der Waals surface area contributed by atoms with Gasteiger partial charge in [-0.05, 0) is 56.8 Å². The molecule has 0 amide bonds. The fourth-order valence-corrected chi connectivity index (χ4v) is 4.08. The number of carbonyl (C=O) groups excluding carboxylic acids is 1. The van der Waals surface area contributed by atoms with Gasteiger partial charge in [-0.15, -0.1) is 0 Å². The van der Waals surface area contributed by atoms with Gasteiger partial charge >= 0.3 is 5.97 Å². The van der Waals surface area contributed by atoms with Gasteiger partial charge in [-0.1, -0.05) is 0 Å². The second kappa shape index (κ2) is 4.45. The molecule has 4 aliphatic rings. The van der Waals surface area contributed by atoms with Gasteiger partial charge in [0.25, 0.3) is 0 Å². The number of esters is 1. The summed E-state index contributed by atoms with van der Waals surface area (Å²) in [6, 6.07) is 0. The van der Waals surface area contributed by atoms with E-state index in [1.54, 1.807) is 0 Å². The Hall–Kier alpha value is -0.610. The largest absolute Gasteiger partial charge is 0.435 e. The van der Waals surface area contributed by atoms with E-state index in [0.29, 0.717) is 6.10 Å². The van der Waals surface area contributed by atoms with Crippen molar-refractivity contribution in [2.24, 2.45) is 23.7 Å². The molecule has 1 saturated heterocycles. The van der Waals surface area contributed by atoms with Crippen molar-refractivity contribution in [3.8, 4) is 0 Å². The molecule has 0 radical (unpaired) electrons. The summed E-state index contributed by atoms with van der Waals surface area (Å²) >= 11 is 0. The third-order valence-corrected chi connectivity index (χ3v) is 5.56. The number of hydrogen-bond acceptors (Lipinski definition) is 4. The summed E-state index contributed by atoms with van der Waals surface area (Å²) in [5.41, 5.74) is 0. The predicted molar refractivity (Wildman–Crippen MR) is 67.0 cm³/mol. The van der Waals surface area contributed by atoms with Crippen LogP contribution < -0.4 is 0 Å². The first-order valence-corrected chi connectivity index (χ1v) is 7.74. The lowest BCUT2D eigenvalue weighted by molar-refractivity contribution is -0.185. The third-order valence-electron chi connectivity index (χ3n) is 5.56. The van der Waals surface area contributed by atoms with Crippen molar-refractivity contribution in [1.29, 1.82) is 0 Å². The molecule has 1 aliphatic heterocycles. The van der Waals surface area contributed by atoms with Gasteiger partial charge in [0.1, 0.15) is 0 Å². The summed E-state index contributed by atoms with van der Waals surface area (Å²) in [5.74, 6) is 1.60. The molecule has 0 aromatic rings. The molecule has 0 spiro atoms. The standard InChI is InChI=1S/C15H22O4/c16-14(9-2-1-8-5-11(8)6-9)19-15(17)10-3-4-12-13(7-10)18-12/h8-14,16H,1-7H2. The maximum Gasteiger partial charge on any atom is 0.311 e. The Morgan fingerprint density at radius 2 is 1.95 bits per heavy atom. The van der Waals surface area contributed by atoms with Crippen molar-refractivity contribution in [2.45, 2.75) is 63.4 Å². The minimum atomic E-state index is -0.883. The number of ether oxygens (including phenoxy) is 2. The van der Waals surface area contributed by atoms with Gasteiger partial charge in [0.15, 0.2) is 0 Å². The van der Waals surface area contributed by atoms with Crippen molar-refractivity contribution in [1.82, 2.24) is 0 Å². The quantitative estimate of drug-likeness (QED) is 0.481. The van der Waals surface area contributed by atoms with Gasteiger partial charge in [-0.3, -0.25) is 4.79 Å². The van der Waals surface area contributed by atoms with Crippen molar-refractivity contribution >= 4 is 5.97 Å². The average Bonchev–Trinajstić information content (AvgIpc) is 3.30. The third kappa shape index (κ3) is 2.40. The summed E-state index contributed by atoms with van der Waals surface area (Å²) in [6.45, 7) is 0. The number of carbonyl (C=O) groups is 1. The van der Waals surface area contributed by atoms with Crippen LogP contribution in [0.2, 0.25) is 0 Å². The molecule has 7 unspecified atom stereocenters. The van der Waals surface area contributed by atoms with Crippen LogP contribution in [0.5, 0.6) is 0 Å². The van der Waals surface area contributed by atoms with E-state index in [0.717, 1.165) is 43.9 Å². The van der Waals surface area contributed by atoms with E-state index in [2.05, 4.69) is 0 Å². The fraction of sp³-hybridized carbons (Fsp3) is 0.933. The summed E-state index contributed by atoms with van der Waals surface area (Å²) < 4.78 is 10.8. The minimum absolute atomic E-state index is 0.0596. The van der Waals surface area contributed by atoms with Crippen LogP contribution in [-0.4, -0.2) is 29.6 Å². The second-order valence-corrected chi connectivity index (χ2v) is 6.88. The Kier molecular flexibility index (Phi) is 2.85. The van der Waals surface area contributed by atoms with Crippen LogP contribution in [0, 0.1) is 23.7 Å². The average molecular weight is 266 g/mol. The molecule has 4 heteroatoms. The van der Waals surface area contributed by atoms with Crippen LogP contribution in [0.25, 0.3) is 0 Å². The van der Waals surface area contributed by atoms with E-state index in [-0.39, 0.29) is 23.9 Å². The maximum absolute atomic E-state index is 12.1. The molecule has 0 aromatic carbocycles. The van der Waals surface area contributed by atoms with Gasteiger partial charge in [0, 0.05) is 5.92 Å². The predicted octanol–water partition coefficient (Wildman–Crippen LogP) is 1.85. The van der Waals surface area contributed by atoms with Crippen molar-refractivity contribution < 1.29 is 19.4 Å². The minimum Gasteiger partial charge on any atom is -0.435 e. The molecular weight excluding hydrogens is 244 g/mol. The lowest BCUT2D eigenvalue weighted by Gasteiger charge is -2.27. The Bertz CT molecular complexity index is 382. The van der Waals surface area contributed by atoms with E-state index in [1.807, 2.05) is 0 Å². The molecule has 1 heterocycles. The highest BCUT2D eigenvalue weighted by molar-refractivity contribution is 5.72. The molecule has 1 N–H and O–H groups in total. The first-order valence-electron chi connectivity index (χ1n) is 7.74. The highest BCUT2D eigenvalue weighted by Crippen LogP contribution is 2.52. The highest BCUT2D eigenvalue weighted by atomic mass is 16.6. The van der Waals surface area contributed by atoms with Crippen molar-refractivity contribution in [3.05, 3.63) is 0 Å². The molecule has 0 bridgehead atoms. The number of rotatable bonds is 3. The van der Waals surface area contributed by atoms with Crippen LogP contribution in [0.3, 0.4) is 0 Å². The topological polar surface area (TPSA) is 59.1 Å². The molecule has 19 heavy (non-hydrogen) atoms. The van der Waals surface area contributed by atoms with Crippen molar-refractivity contribution in [2.75, 3.05) is 0 Å². The highest BCUT2D eigenvalue weighted by Gasteiger charge is 2.47. The van der Waals surface area contributed by atoms with E-state index in [1.165, 1.54) is 12.8 Å². The molecule has 0 aromatic heterocycles. The zero-order valence-corrected chi connectivity index (χ0v) is 11.2. The van der Waals surface area contributed by atoms with Crippen LogP contribution >= 0.6 is 0 Å². The van der Waals surface area contributed by atoms with E-state index < -0.39 is 6.29 Å². The molecule has 3 aliphatic carbocycles. The summed E-state index contributed by atoms with van der Waals surface area (Å²) in [4.78, 5) is 12.1. The van der Waals surface area contributed by atoms with Crippen LogP contribution in [0.1, 0.15) is 44.9 Å². The van der Waals surface area contributed by atoms with E-state index >= 15 is 0 Å². The molecule has 106 valence electrons. The fourth-order valence-electron chi connectivity index (χ4n) is 4.08. The monoisotopic (exact) mass is 266 g/mol. The molecule has 4 rings (SSSR count). The van der Waals surface area contributed by atoms with E-state index in [9.17, 15) is 9.90 Å². The number of aliphatic hydroxyl groups is 1. The Labute approximate surface area is 113 Å². The maximum atomic E-state index is 12.1. The van der Waals surface area contributed by atoms with Crippen molar-refractivity contribution in [3.63, 3.8) is 0 Å². The SMILES string of the molecule is O=C(OC(O)C1CCC2CC2C1)C1CCC2OC2C1. The Morgan fingerprint density at radius 3 is 2.74 bits per heavy atom. The number of fused-ring (bicyclic) bond motifs is 2. The lowest BCUT2D eigenvalue weighted by Crippen LogP contribution is -2.33. The van der Waals surface area contributed by atoms with E-state index in [4.69, 9.17) is 9.47 Å². The summed E-state index contributed by atoms with van der Waals surface area (Å²) in [7, 11) is 0.